The first-order chi connectivity index (χ1) is 4.66. The number of aliphatic hydroxyl groups excluding tert-OH is 1. The molecule has 0 heterocycles. The Morgan fingerprint density at radius 1 is 1.70 bits per heavy atom. The van der Waals surface area contributed by atoms with E-state index in [0.29, 0.717) is 6.42 Å². The van der Waals surface area contributed by atoms with Gasteiger partial charge in [0.05, 0.1) is 6.61 Å². The van der Waals surface area contributed by atoms with E-state index < -0.39 is 6.09 Å². The van der Waals surface area contributed by atoms with E-state index >= 15 is 0 Å². The minimum absolute atomic E-state index is 0.110. The Balaban J connectivity index is 3.11. The third-order valence-corrected chi connectivity index (χ3v) is 1.03. The molecule has 1 atom stereocenters. The van der Waals surface area contributed by atoms with Gasteiger partial charge >= 0.3 is 6.09 Å². The molecule has 60 valence electrons. The number of nitrogens with one attached hydrogen (secondary N) is 1. The summed E-state index contributed by atoms with van der Waals surface area (Å²) in [4.78, 5) is 9.85. The monoisotopic (exact) mass is 148 g/mol. The Bertz CT molecular complexity index is 107. The molecule has 0 saturated heterocycles. The molecule has 0 aromatic carbocycles. The Labute approximate surface area is 58.8 Å². The Morgan fingerprint density at radius 3 is 2.70 bits per heavy atom. The van der Waals surface area contributed by atoms with Crippen molar-refractivity contribution >= 4 is 6.09 Å². The summed E-state index contributed by atoms with van der Waals surface area (Å²) in [5.74, 6) is 0. The van der Waals surface area contributed by atoms with Crippen LogP contribution < -0.4 is 11.1 Å². The molecule has 1 unspecified atom stereocenters. The van der Waals surface area contributed by atoms with Gasteiger partial charge in [0.1, 0.15) is 0 Å². The summed E-state index contributed by atoms with van der Waals surface area (Å²) in [5, 5.41) is 18.6. The van der Waals surface area contributed by atoms with Crippen molar-refractivity contribution in [3.05, 3.63) is 0 Å². The molecule has 5 nitrogen and oxygen atoms in total. The van der Waals surface area contributed by atoms with Crippen LogP contribution in [0.2, 0.25) is 0 Å². The second-order valence-corrected chi connectivity index (χ2v) is 1.96. The van der Waals surface area contributed by atoms with Gasteiger partial charge < -0.3 is 21.3 Å². The van der Waals surface area contributed by atoms with Crippen molar-refractivity contribution in [3.63, 3.8) is 0 Å². The summed E-state index contributed by atoms with van der Waals surface area (Å²) in [6, 6.07) is -0.327. The van der Waals surface area contributed by atoms with Crippen LogP contribution in [0.25, 0.3) is 0 Å². The van der Waals surface area contributed by atoms with E-state index in [-0.39, 0.29) is 19.2 Å². The summed E-state index contributed by atoms with van der Waals surface area (Å²) < 4.78 is 0. The second kappa shape index (κ2) is 5.01. The standard InChI is InChI=1S/C5H12N2O3/c6-4(3-8)1-2-7-5(9)10/h4,7-8H,1-3,6H2,(H,9,10). The van der Waals surface area contributed by atoms with Gasteiger partial charge in [-0.15, -0.1) is 0 Å². The number of nitrogens with two attached hydrogens (primary N) is 1. The Morgan fingerprint density at radius 2 is 2.30 bits per heavy atom. The van der Waals surface area contributed by atoms with E-state index in [1.807, 2.05) is 0 Å². The van der Waals surface area contributed by atoms with Crippen LogP contribution >= 0.6 is 0 Å². The lowest BCUT2D eigenvalue weighted by Gasteiger charge is -2.06. The second-order valence-electron chi connectivity index (χ2n) is 1.96. The highest BCUT2D eigenvalue weighted by atomic mass is 16.4. The first-order valence-electron chi connectivity index (χ1n) is 3.00. The topological polar surface area (TPSA) is 95.6 Å². The van der Waals surface area contributed by atoms with Crippen LogP contribution in [0.1, 0.15) is 6.42 Å². The molecule has 0 aliphatic rings. The first-order valence-corrected chi connectivity index (χ1v) is 3.00. The molecular formula is C5H12N2O3. The Hall–Kier alpha value is -0.810. The van der Waals surface area contributed by atoms with Gasteiger partial charge in [0.15, 0.2) is 0 Å². The van der Waals surface area contributed by atoms with Crippen molar-refractivity contribution in [1.82, 2.24) is 5.32 Å². The van der Waals surface area contributed by atoms with Crippen LogP contribution in [0.3, 0.4) is 0 Å². The molecule has 5 heteroatoms. The summed E-state index contributed by atoms with van der Waals surface area (Å²) in [6.45, 7) is 0.179. The van der Waals surface area contributed by atoms with Gasteiger partial charge in [-0.25, -0.2) is 4.79 Å². The zero-order valence-corrected chi connectivity index (χ0v) is 5.58. The van der Waals surface area contributed by atoms with Crippen LogP contribution in [0, 0.1) is 0 Å². The zero-order chi connectivity index (χ0) is 7.98. The minimum atomic E-state index is -1.06. The van der Waals surface area contributed by atoms with Gasteiger partial charge in [0.25, 0.3) is 0 Å². The third kappa shape index (κ3) is 5.33. The van der Waals surface area contributed by atoms with Crippen LogP contribution in [-0.4, -0.2) is 35.5 Å². The van der Waals surface area contributed by atoms with Crippen LogP contribution in [0.4, 0.5) is 4.79 Å². The lowest BCUT2D eigenvalue weighted by Crippen LogP contribution is -2.31. The SMILES string of the molecule is NC(CO)CCNC(=O)O. The smallest absolute Gasteiger partial charge is 0.404 e. The highest BCUT2D eigenvalue weighted by Crippen LogP contribution is 1.82. The molecular weight excluding hydrogens is 136 g/mol. The molecule has 0 fully saturated rings. The number of amides is 1. The fourth-order valence-electron chi connectivity index (χ4n) is 0.456. The number of rotatable bonds is 4. The van der Waals surface area contributed by atoms with Gasteiger partial charge in [-0.3, -0.25) is 0 Å². The van der Waals surface area contributed by atoms with Gasteiger partial charge in [0.2, 0.25) is 0 Å². The third-order valence-electron chi connectivity index (χ3n) is 1.03. The molecule has 10 heavy (non-hydrogen) atoms. The maximum absolute atomic E-state index is 9.85. The molecule has 5 N–H and O–H groups in total. The predicted molar refractivity (Wildman–Crippen MR) is 35.7 cm³/mol. The molecule has 0 radical (unpaired) electrons. The quantitative estimate of drug-likeness (QED) is 0.409. The fraction of sp³-hybridized carbons (Fsp3) is 0.800. The lowest BCUT2D eigenvalue weighted by atomic mass is 10.2. The van der Waals surface area contributed by atoms with Gasteiger partial charge in [-0.2, -0.15) is 0 Å². The maximum Gasteiger partial charge on any atom is 0.404 e. The molecule has 0 bridgehead atoms. The summed E-state index contributed by atoms with van der Waals surface area (Å²) in [5.41, 5.74) is 5.28. The average molecular weight is 148 g/mol. The number of aliphatic hydroxyl groups is 1. The van der Waals surface area contributed by atoms with Crippen molar-refractivity contribution in [3.8, 4) is 0 Å². The fourth-order valence-corrected chi connectivity index (χ4v) is 0.456. The first kappa shape index (κ1) is 9.19. The number of hydrogen-bond donors (Lipinski definition) is 4. The molecule has 0 rings (SSSR count). The summed E-state index contributed by atoms with van der Waals surface area (Å²) in [6.07, 6.45) is -0.604. The largest absolute Gasteiger partial charge is 0.465 e. The van der Waals surface area contributed by atoms with Crippen LogP contribution in [0.15, 0.2) is 0 Å². The van der Waals surface area contributed by atoms with E-state index in [4.69, 9.17) is 15.9 Å². The van der Waals surface area contributed by atoms with Crippen molar-refractivity contribution < 1.29 is 15.0 Å². The maximum atomic E-state index is 9.85. The van der Waals surface area contributed by atoms with Crippen molar-refractivity contribution in [1.29, 1.82) is 0 Å². The van der Waals surface area contributed by atoms with Crippen molar-refractivity contribution in [2.75, 3.05) is 13.2 Å². The molecule has 0 aliphatic heterocycles. The number of hydrogen-bond acceptors (Lipinski definition) is 3. The molecule has 1 amide bonds. The molecule has 0 aromatic heterocycles. The molecule has 0 spiro atoms. The average Bonchev–Trinajstić information content (AvgIpc) is 1.87. The van der Waals surface area contributed by atoms with Crippen LogP contribution in [0.5, 0.6) is 0 Å². The van der Waals surface area contributed by atoms with E-state index in [1.165, 1.54) is 0 Å². The summed E-state index contributed by atoms with van der Waals surface area (Å²) >= 11 is 0. The predicted octanol–water partition coefficient (Wildman–Crippen LogP) is -1.04. The number of carbonyl (C=O) groups is 1. The highest BCUT2D eigenvalue weighted by molar-refractivity contribution is 5.64. The normalized spacial score (nSPS) is 12.6. The van der Waals surface area contributed by atoms with E-state index in [9.17, 15) is 4.79 Å². The zero-order valence-electron chi connectivity index (χ0n) is 5.58. The lowest BCUT2D eigenvalue weighted by molar-refractivity contribution is 0.193. The molecule has 0 aliphatic carbocycles. The Kier molecular flexibility index (Phi) is 4.61. The van der Waals surface area contributed by atoms with Crippen LogP contribution in [-0.2, 0) is 0 Å². The number of carboxylic acid groups (broad SMARTS) is 1. The van der Waals surface area contributed by atoms with Gasteiger partial charge in [-0.1, -0.05) is 0 Å². The minimum Gasteiger partial charge on any atom is -0.465 e. The highest BCUT2D eigenvalue weighted by Gasteiger charge is 1.99. The van der Waals surface area contributed by atoms with Crippen molar-refractivity contribution in [2.24, 2.45) is 5.73 Å². The van der Waals surface area contributed by atoms with Gasteiger partial charge in [-0.05, 0) is 6.42 Å². The van der Waals surface area contributed by atoms with Crippen molar-refractivity contribution in [2.45, 2.75) is 12.5 Å². The summed E-state index contributed by atoms with van der Waals surface area (Å²) in [7, 11) is 0. The molecule has 0 aromatic rings. The van der Waals surface area contributed by atoms with Gasteiger partial charge in [0, 0.05) is 12.6 Å². The van der Waals surface area contributed by atoms with E-state index in [1.54, 1.807) is 0 Å². The van der Waals surface area contributed by atoms with E-state index in [0.717, 1.165) is 0 Å². The molecule has 0 saturated carbocycles. The van der Waals surface area contributed by atoms with E-state index in [2.05, 4.69) is 5.32 Å².